The highest BCUT2D eigenvalue weighted by Crippen LogP contribution is 2.18. The first-order chi connectivity index (χ1) is 7.75. The van der Waals surface area contributed by atoms with Crippen molar-refractivity contribution in [1.29, 1.82) is 0 Å². The van der Waals surface area contributed by atoms with E-state index in [-0.39, 0.29) is 0 Å². The van der Waals surface area contributed by atoms with Gasteiger partial charge in [-0.15, -0.1) is 0 Å². The Bertz CT molecular complexity index is 335. The summed E-state index contributed by atoms with van der Waals surface area (Å²) in [4.78, 5) is 6.64. The van der Waals surface area contributed by atoms with Crippen LogP contribution in [0.3, 0.4) is 0 Å². The number of hydrogen-bond acceptors (Lipinski definition) is 4. The van der Waals surface area contributed by atoms with E-state index in [1.807, 2.05) is 6.20 Å². The molecule has 0 bridgehead atoms. The number of nitrogens with zero attached hydrogens (tertiary/aromatic N) is 2. The lowest BCUT2D eigenvalue weighted by atomic mass is 10.3. The Balaban J connectivity index is 2.08. The first-order valence-electron chi connectivity index (χ1n) is 5.81. The maximum absolute atomic E-state index is 5.34. The van der Waals surface area contributed by atoms with Gasteiger partial charge in [-0.2, -0.15) is 0 Å². The molecule has 0 atom stereocenters. The molecule has 1 saturated heterocycles. The van der Waals surface area contributed by atoms with Gasteiger partial charge in [-0.25, -0.2) is 4.98 Å². The molecule has 0 amide bonds. The molecule has 88 valence electrons. The van der Waals surface area contributed by atoms with Crippen molar-refractivity contribution in [3.63, 3.8) is 0 Å². The topological polar surface area (TPSA) is 37.4 Å². The Labute approximate surface area is 96.6 Å². The minimum atomic E-state index is 0.410. The normalized spacial score (nSPS) is 16.6. The molecule has 0 aromatic carbocycles. The number of anilines is 2. The zero-order valence-electron chi connectivity index (χ0n) is 9.94. The highest BCUT2D eigenvalue weighted by atomic mass is 16.5. The number of pyridine rings is 1. The van der Waals surface area contributed by atoms with Crippen molar-refractivity contribution in [3.05, 3.63) is 18.3 Å². The van der Waals surface area contributed by atoms with Crippen LogP contribution in [0.15, 0.2) is 18.3 Å². The van der Waals surface area contributed by atoms with E-state index in [1.54, 1.807) is 0 Å². The standard InChI is InChI=1S/C12H19N3O/c1-10(2)14-12-9-11(3-4-13-12)15-5-7-16-8-6-15/h3-4,9-10H,5-8H2,1-2H3,(H,13,14). The second-order valence-corrected chi connectivity index (χ2v) is 4.30. The maximum atomic E-state index is 5.34. The van der Waals surface area contributed by atoms with Gasteiger partial charge in [-0.05, 0) is 19.9 Å². The van der Waals surface area contributed by atoms with E-state index in [4.69, 9.17) is 4.74 Å². The predicted octanol–water partition coefficient (Wildman–Crippen LogP) is 1.74. The summed E-state index contributed by atoms with van der Waals surface area (Å²) in [5, 5.41) is 3.32. The number of nitrogens with one attached hydrogen (secondary N) is 1. The van der Waals surface area contributed by atoms with Crippen LogP contribution < -0.4 is 10.2 Å². The van der Waals surface area contributed by atoms with Crippen LogP contribution in [-0.4, -0.2) is 37.3 Å². The van der Waals surface area contributed by atoms with E-state index >= 15 is 0 Å². The SMILES string of the molecule is CC(C)Nc1cc(N2CCOCC2)ccn1. The third-order valence-electron chi connectivity index (χ3n) is 2.56. The average Bonchev–Trinajstić information content (AvgIpc) is 2.30. The molecular formula is C12H19N3O. The summed E-state index contributed by atoms with van der Waals surface area (Å²) in [6.07, 6.45) is 1.86. The van der Waals surface area contributed by atoms with E-state index in [9.17, 15) is 0 Å². The molecule has 1 fully saturated rings. The Morgan fingerprint density at radius 1 is 1.38 bits per heavy atom. The smallest absolute Gasteiger partial charge is 0.128 e. The number of morpholine rings is 1. The fourth-order valence-corrected chi connectivity index (χ4v) is 1.81. The summed E-state index contributed by atoms with van der Waals surface area (Å²) in [7, 11) is 0. The first-order valence-corrected chi connectivity index (χ1v) is 5.81. The van der Waals surface area contributed by atoms with Crippen LogP contribution >= 0.6 is 0 Å². The Hall–Kier alpha value is -1.29. The van der Waals surface area contributed by atoms with Gasteiger partial charge in [-0.3, -0.25) is 0 Å². The molecule has 0 saturated carbocycles. The number of ether oxygens (including phenoxy) is 1. The second kappa shape index (κ2) is 5.16. The van der Waals surface area contributed by atoms with Gasteiger partial charge in [0, 0.05) is 37.1 Å². The second-order valence-electron chi connectivity index (χ2n) is 4.30. The third-order valence-corrected chi connectivity index (χ3v) is 2.56. The van der Waals surface area contributed by atoms with E-state index in [2.05, 4.69) is 41.2 Å². The molecule has 1 aromatic heterocycles. The highest BCUT2D eigenvalue weighted by Gasteiger charge is 2.11. The summed E-state index contributed by atoms with van der Waals surface area (Å²) in [5.41, 5.74) is 1.22. The predicted molar refractivity (Wildman–Crippen MR) is 66.0 cm³/mol. The van der Waals surface area contributed by atoms with Crippen LogP contribution in [0.4, 0.5) is 11.5 Å². The van der Waals surface area contributed by atoms with Gasteiger partial charge in [0.15, 0.2) is 0 Å². The van der Waals surface area contributed by atoms with Crippen LogP contribution in [0, 0.1) is 0 Å². The molecule has 2 rings (SSSR count). The molecule has 0 spiro atoms. The molecule has 0 unspecified atom stereocenters. The zero-order chi connectivity index (χ0) is 11.4. The molecule has 4 nitrogen and oxygen atoms in total. The molecule has 1 aliphatic heterocycles. The van der Waals surface area contributed by atoms with E-state index in [0.29, 0.717) is 6.04 Å². The zero-order valence-corrected chi connectivity index (χ0v) is 9.94. The van der Waals surface area contributed by atoms with Crippen LogP contribution in [0.2, 0.25) is 0 Å². The monoisotopic (exact) mass is 221 g/mol. The van der Waals surface area contributed by atoms with Crippen LogP contribution in [0.5, 0.6) is 0 Å². The Morgan fingerprint density at radius 2 is 2.12 bits per heavy atom. The first kappa shape index (κ1) is 11.2. The summed E-state index contributed by atoms with van der Waals surface area (Å²) in [5.74, 6) is 0.944. The maximum Gasteiger partial charge on any atom is 0.128 e. The van der Waals surface area contributed by atoms with Crippen molar-refractivity contribution >= 4 is 11.5 Å². The van der Waals surface area contributed by atoms with Crippen molar-refractivity contribution in [2.75, 3.05) is 36.5 Å². The molecule has 1 aromatic rings. The van der Waals surface area contributed by atoms with E-state index in [1.165, 1.54) is 5.69 Å². The minimum Gasteiger partial charge on any atom is -0.378 e. The van der Waals surface area contributed by atoms with Gasteiger partial charge in [0.05, 0.1) is 13.2 Å². The van der Waals surface area contributed by atoms with Crippen molar-refractivity contribution < 1.29 is 4.74 Å². The van der Waals surface area contributed by atoms with Gasteiger partial charge < -0.3 is 15.0 Å². The number of rotatable bonds is 3. The Morgan fingerprint density at radius 3 is 2.81 bits per heavy atom. The number of hydrogen-bond donors (Lipinski definition) is 1. The molecule has 4 heteroatoms. The third kappa shape index (κ3) is 2.85. The molecule has 16 heavy (non-hydrogen) atoms. The van der Waals surface area contributed by atoms with E-state index < -0.39 is 0 Å². The van der Waals surface area contributed by atoms with Gasteiger partial charge in [-0.1, -0.05) is 0 Å². The van der Waals surface area contributed by atoms with E-state index in [0.717, 1.165) is 32.1 Å². The van der Waals surface area contributed by atoms with Crippen LogP contribution in [-0.2, 0) is 4.74 Å². The number of aromatic nitrogens is 1. The summed E-state index contributed by atoms with van der Waals surface area (Å²) < 4.78 is 5.34. The molecule has 0 aliphatic carbocycles. The lowest BCUT2D eigenvalue weighted by molar-refractivity contribution is 0.122. The minimum absolute atomic E-state index is 0.410. The van der Waals surface area contributed by atoms with Crippen LogP contribution in [0.1, 0.15) is 13.8 Å². The van der Waals surface area contributed by atoms with Crippen molar-refractivity contribution in [3.8, 4) is 0 Å². The molecule has 1 aliphatic rings. The Kier molecular flexibility index (Phi) is 3.62. The lowest BCUT2D eigenvalue weighted by Crippen LogP contribution is -2.36. The largest absolute Gasteiger partial charge is 0.378 e. The lowest BCUT2D eigenvalue weighted by Gasteiger charge is -2.29. The van der Waals surface area contributed by atoms with Gasteiger partial charge in [0.2, 0.25) is 0 Å². The van der Waals surface area contributed by atoms with Crippen LogP contribution in [0.25, 0.3) is 0 Å². The van der Waals surface area contributed by atoms with Gasteiger partial charge >= 0.3 is 0 Å². The average molecular weight is 221 g/mol. The molecule has 1 N–H and O–H groups in total. The highest BCUT2D eigenvalue weighted by molar-refractivity contribution is 5.54. The summed E-state index contributed by atoms with van der Waals surface area (Å²) >= 11 is 0. The fraction of sp³-hybridized carbons (Fsp3) is 0.583. The molecular weight excluding hydrogens is 202 g/mol. The fourth-order valence-electron chi connectivity index (χ4n) is 1.81. The van der Waals surface area contributed by atoms with Crippen molar-refractivity contribution in [1.82, 2.24) is 4.98 Å². The molecule has 0 radical (unpaired) electrons. The van der Waals surface area contributed by atoms with Gasteiger partial charge in [0.25, 0.3) is 0 Å². The van der Waals surface area contributed by atoms with Crippen molar-refractivity contribution in [2.24, 2.45) is 0 Å². The molecule has 2 heterocycles. The quantitative estimate of drug-likeness (QED) is 0.843. The van der Waals surface area contributed by atoms with Gasteiger partial charge in [0.1, 0.15) is 5.82 Å². The van der Waals surface area contributed by atoms with Crippen molar-refractivity contribution in [2.45, 2.75) is 19.9 Å². The summed E-state index contributed by atoms with van der Waals surface area (Å²) in [6.45, 7) is 7.78. The summed E-state index contributed by atoms with van der Waals surface area (Å²) in [6, 6.07) is 4.56.